The van der Waals surface area contributed by atoms with E-state index in [-0.39, 0.29) is 12.6 Å². The molecule has 5 heteroatoms. The molecule has 0 aliphatic carbocycles. The Morgan fingerprint density at radius 3 is 2.42 bits per heavy atom. The third-order valence-corrected chi connectivity index (χ3v) is 2.92. The summed E-state index contributed by atoms with van der Waals surface area (Å²) in [6.45, 7) is 4.32. The van der Waals surface area contributed by atoms with Gasteiger partial charge in [-0.3, -0.25) is 9.69 Å². The first-order valence-corrected chi connectivity index (χ1v) is 6.14. The molecule has 1 atom stereocenters. The smallest absolute Gasteiger partial charge is 0.231 e. The highest BCUT2D eigenvalue weighted by Crippen LogP contribution is 2.16. The Morgan fingerprint density at radius 1 is 1.42 bits per heavy atom. The molecule has 0 aliphatic rings. The summed E-state index contributed by atoms with van der Waals surface area (Å²) in [6, 6.07) is 8.88. The van der Waals surface area contributed by atoms with Gasteiger partial charge in [0.05, 0.1) is 24.3 Å². The number of carbonyl (C=O) groups is 1. The first-order chi connectivity index (χ1) is 8.93. The summed E-state index contributed by atoms with van der Waals surface area (Å²) in [5, 5.41) is 18.9. The van der Waals surface area contributed by atoms with E-state index in [1.165, 1.54) is 0 Å². The van der Waals surface area contributed by atoms with Crippen molar-refractivity contribution < 1.29 is 9.90 Å². The van der Waals surface area contributed by atoms with Gasteiger partial charge in [-0.2, -0.15) is 5.26 Å². The van der Waals surface area contributed by atoms with E-state index < -0.39 is 12.0 Å². The van der Waals surface area contributed by atoms with Crippen molar-refractivity contribution in [3.63, 3.8) is 0 Å². The number of nitrogens with two attached hydrogens (primary N) is 1. The molecule has 102 valence electrons. The summed E-state index contributed by atoms with van der Waals surface area (Å²) < 4.78 is 0. The third kappa shape index (κ3) is 4.70. The molecule has 1 rings (SSSR count). The minimum absolute atomic E-state index is 0.112. The molecule has 19 heavy (non-hydrogen) atoms. The second-order valence-corrected chi connectivity index (χ2v) is 4.74. The number of rotatable bonds is 6. The summed E-state index contributed by atoms with van der Waals surface area (Å²) in [6.07, 6.45) is -0.713. The van der Waals surface area contributed by atoms with Gasteiger partial charge in [0.2, 0.25) is 5.91 Å². The summed E-state index contributed by atoms with van der Waals surface area (Å²) in [5.74, 6) is -0.416. The van der Waals surface area contributed by atoms with E-state index in [9.17, 15) is 9.90 Å². The lowest BCUT2D eigenvalue weighted by molar-refractivity contribution is -0.119. The quantitative estimate of drug-likeness (QED) is 0.792. The van der Waals surface area contributed by atoms with Crippen LogP contribution in [0.25, 0.3) is 0 Å². The van der Waals surface area contributed by atoms with Gasteiger partial charge in [0.15, 0.2) is 0 Å². The Kier molecular flexibility index (Phi) is 5.49. The van der Waals surface area contributed by atoms with Gasteiger partial charge in [-0.1, -0.05) is 12.1 Å². The second-order valence-electron chi connectivity index (χ2n) is 4.74. The topological polar surface area (TPSA) is 90.3 Å². The Hall–Kier alpha value is -1.90. The van der Waals surface area contributed by atoms with E-state index in [2.05, 4.69) is 0 Å². The first-order valence-electron chi connectivity index (χ1n) is 6.14. The number of hydrogen-bond acceptors (Lipinski definition) is 4. The molecular weight excluding hydrogens is 242 g/mol. The number of nitriles is 1. The summed E-state index contributed by atoms with van der Waals surface area (Å²) in [7, 11) is 0. The monoisotopic (exact) mass is 261 g/mol. The highest BCUT2D eigenvalue weighted by molar-refractivity contribution is 5.75. The Morgan fingerprint density at radius 2 is 2.00 bits per heavy atom. The van der Waals surface area contributed by atoms with Gasteiger partial charge in [0.25, 0.3) is 0 Å². The zero-order valence-corrected chi connectivity index (χ0v) is 11.2. The Labute approximate surface area is 113 Å². The van der Waals surface area contributed by atoms with Crippen LogP contribution in [0.2, 0.25) is 0 Å². The van der Waals surface area contributed by atoms with Crippen LogP contribution in [0.1, 0.15) is 31.1 Å². The van der Waals surface area contributed by atoms with Crippen LogP contribution < -0.4 is 5.73 Å². The minimum atomic E-state index is -0.713. The molecule has 0 aliphatic heterocycles. The van der Waals surface area contributed by atoms with Crippen molar-refractivity contribution in [2.75, 3.05) is 13.1 Å². The van der Waals surface area contributed by atoms with Crippen molar-refractivity contribution in [1.29, 1.82) is 5.26 Å². The fourth-order valence-electron chi connectivity index (χ4n) is 1.77. The fourth-order valence-corrected chi connectivity index (χ4v) is 1.77. The normalized spacial score (nSPS) is 12.4. The van der Waals surface area contributed by atoms with Crippen LogP contribution in [0.15, 0.2) is 24.3 Å². The van der Waals surface area contributed by atoms with E-state index in [4.69, 9.17) is 11.0 Å². The van der Waals surface area contributed by atoms with Gasteiger partial charge in [0.1, 0.15) is 0 Å². The number of hydrogen-bond donors (Lipinski definition) is 2. The van der Waals surface area contributed by atoms with Crippen LogP contribution in [0.4, 0.5) is 0 Å². The molecule has 0 radical (unpaired) electrons. The fraction of sp³-hybridized carbons (Fsp3) is 0.429. The highest BCUT2D eigenvalue weighted by atomic mass is 16.3. The van der Waals surface area contributed by atoms with Crippen molar-refractivity contribution >= 4 is 5.91 Å². The van der Waals surface area contributed by atoms with Crippen molar-refractivity contribution in [2.45, 2.75) is 26.0 Å². The highest BCUT2D eigenvalue weighted by Gasteiger charge is 2.17. The van der Waals surface area contributed by atoms with Crippen molar-refractivity contribution in [3.8, 4) is 6.07 Å². The molecule has 3 N–H and O–H groups in total. The Bertz CT molecular complexity index is 463. The minimum Gasteiger partial charge on any atom is -0.387 e. The molecule has 1 aromatic carbocycles. The number of amides is 1. The van der Waals surface area contributed by atoms with E-state index in [0.717, 1.165) is 0 Å². The average Bonchev–Trinajstić information content (AvgIpc) is 2.37. The van der Waals surface area contributed by atoms with Crippen LogP contribution in [0.3, 0.4) is 0 Å². The zero-order chi connectivity index (χ0) is 14.4. The van der Waals surface area contributed by atoms with Crippen molar-refractivity contribution in [1.82, 2.24) is 4.90 Å². The predicted molar refractivity (Wildman–Crippen MR) is 72.0 cm³/mol. The number of aliphatic hydroxyl groups is 1. The maximum absolute atomic E-state index is 11.0. The largest absolute Gasteiger partial charge is 0.387 e. The van der Waals surface area contributed by atoms with Crippen LogP contribution in [0.5, 0.6) is 0 Å². The molecule has 0 bridgehead atoms. The van der Waals surface area contributed by atoms with Crippen LogP contribution >= 0.6 is 0 Å². The van der Waals surface area contributed by atoms with Crippen LogP contribution in [-0.2, 0) is 4.79 Å². The lowest BCUT2D eigenvalue weighted by Gasteiger charge is -2.27. The second kappa shape index (κ2) is 6.88. The van der Waals surface area contributed by atoms with Gasteiger partial charge >= 0.3 is 0 Å². The molecule has 0 saturated heterocycles. The number of nitrogens with zero attached hydrogens (tertiary/aromatic N) is 2. The van der Waals surface area contributed by atoms with Gasteiger partial charge in [-0.05, 0) is 31.5 Å². The average molecular weight is 261 g/mol. The van der Waals surface area contributed by atoms with Gasteiger partial charge in [0, 0.05) is 12.6 Å². The van der Waals surface area contributed by atoms with Crippen LogP contribution in [-0.4, -0.2) is 35.0 Å². The first kappa shape index (κ1) is 15.2. The SMILES string of the molecule is CC(C)N(CC(N)=O)CC(O)c1ccc(C#N)cc1. The zero-order valence-electron chi connectivity index (χ0n) is 11.2. The van der Waals surface area contributed by atoms with Gasteiger partial charge < -0.3 is 10.8 Å². The molecule has 0 spiro atoms. The molecule has 0 fully saturated rings. The van der Waals surface area contributed by atoms with Gasteiger partial charge in [-0.15, -0.1) is 0 Å². The van der Waals surface area contributed by atoms with Crippen molar-refractivity contribution in [2.24, 2.45) is 5.73 Å². The standard InChI is InChI=1S/C14H19N3O2/c1-10(2)17(9-14(16)19)8-13(18)12-5-3-11(7-15)4-6-12/h3-6,10,13,18H,8-9H2,1-2H3,(H2,16,19). The Balaban J connectivity index is 2.72. The van der Waals surface area contributed by atoms with E-state index in [1.54, 1.807) is 24.3 Å². The maximum Gasteiger partial charge on any atom is 0.231 e. The van der Waals surface area contributed by atoms with Crippen LogP contribution in [0, 0.1) is 11.3 Å². The number of carbonyl (C=O) groups excluding carboxylic acids is 1. The predicted octanol–water partition coefficient (Wildman–Crippen LogP) is 0.787. The number of aliphatic hydroxyl groups excluding tert-OH is 1. The molecule has 1 unspecified atom stereocenters. The summed E-state index contributed by atoms with van der Waals surface area (Å²) >= 11 is 0. The van der Waals surface area contributed by atoms with E-state index >= 15 is 0 Å². The molecular formula is C14H19N3O2. The molecule has 5 nitrogen and oxygen atoms in total. The molecule has 0 heterocycles. The number of primary amides is 1. The van der Waals surface area contributed by atoms with Gasteiger partial charge in [-0.25, -0.2) is 0 Å². The number of benzene rings is 1. The van der Waals surface area contributed by atoms with E-state index in [1.807, 2.05) is 24.8 Å². The maximum atomic E-state index is 11.0. The summed E-state index contributed by atoms with van der Waals surface area (Å²) in [5.41, 5.74) is 6.45. The lowest BCUT2D eigenvalue weighted by atomic mass is 10.1. The summed E-state index contributed by atoms with van der Waals surface area (Å²) in [4.78, 5) is 12.8. The lowest BCUT2D eigenvalue weighted by Crippen LogP contribution is -2.40. The third-order valence-electron chi connectivity index (χ3n) is 2.92. The van der Waals surface area contributed by atoms with Crippen molar-refractivity contribution in [3.05, 3.63) is 35.4 Å². The molecule has 1 amide bonds. The van der Waals surface area contributed by atoms with E-state index in [0.29, 0.717) is 17.7 Å². The molecule has 0 aromatic heterocycles. The molecule has 1 aromatic rings. The molecule has 0 saturated carbocycles.